The Kier molecular flexibility index (Phi) is 1.61. The Balaban J connectivity index is 2.34. The Bertz CT molecular complexity index is 197. The van der Waals surface area contributed by atoms with E-state index in [-0.39, 0.29) is 0 Å². The van der Waals surface area contributed by atoms with E-state index in [2.05, 4.69) is 20.8 Å². The Morgan fingerprint density at radius 2 is 1.75 bits per heavy atom. The monoisotopic (exact) mass is 167 g/mol. The lowest BCUT2D eigenvalue weighted by Crippen LogP contribution is -2.45. The third kappa shape index (κ3) is 0.736. The second kappa shape index (κ2) is 2.25. The van der Waals surface area contributed by atoms with Gasteiger partial charge in [0.1, 0.15) is 0 Å². The summed E-state index contributed by atoms with van der Waals surface area (Å²) in [6.45, 7) is 8.12. The summed E-state index contributed by atoms with van der Waals surface area (Å²) < 4.78 is 0. The Morgan fingerprint density at radius 1 is 1.17 bits per heavy atom. The second-order valence-corrected chi connectivity index (χ2v) is 5.55. The average Bonchev–Trinajstić information content (AvgIpc) is 2.55. The molecule has 2 saturated carbocycles. The van der Waals surface area contributed by atoms with Crippen molar-refractivity contribution in [1.29, 1.82) is 0 Å². The number of hydrogen-bond donors (Lipinski definition) is 1. The van der Waals surface area contributed by atoms with Crippen molar-refractivity contribution in [1.82, 2.24) is 0 Å². The largest absolute Gasteiger partial charge is 0.330 e. The molecule has 0 aliphatic heterocycles. The fraction of sp³-hybridized carbons (Fsp3) is 1.00. The standard InChI is InChI=1S/C11H21N/c1-10(2)8-4-5-9(6-8)11(10,3)7-12/h8-9H,4-7,12H2,1-3H3. The predicted molar refractivity (Wildman–Crippen MR) is 51.8 cm³/mol. The molecule has 1 nitrogen and oxygen atoms in total. The lowest BCUT2D eigenvalue weighted by molar-refractivity contribution is 0.0295. The highest BCUT2D eigenvalue weighted by Crippen LogP contribution is 2.65. The van der Waals surface area contributed by atoms with Gasteiger partial charge in [-0.15, -0.1) is 0 Å². The summed E-state index contributed by atoms with van der Waals surface area (Å²) in [5.74, 6) is 1.87. The van der Waals surface area contributed by atoms with Crippen LogP contribution in [-0.2, 0) is 0 Å². The third-order valence-electron chi connectivity index (χ3n) is 5.25. The molecule has 0 aromatic rings. The molecule has 2 N–H and O–H groups in total. The topological polar surface area (TPSA) is 26.0 Å². The molecule has 3 unspecified atom stereocenters. The Morgan fingerprint density at radius 3 is 2.08 bits per heavy atom. The highest BCUT2D eigenvalue weighted by atomic mass is 14.7. The lowest BCUT2D eigenvalue weighted by atomic mass is 9.59. The zero-order chi connectivity index (χ0) is 8.98. The maximum atomic E-state index is 5.93. The molecule has 70 valence electrons. The van der Waals surface area contributed by atoms with E-state index >= 15 is 0 Å². The van der Waals surface area contributed by atoms with E-state index in [1.54, 1.807) is 0 Å². The van der Waals surface area contributed by atoms with E-state index in [0.717, 1.165) is 18.4 Å². The van der Waals surface area contributed by atoms with Gasteiger partial charge in [-0.05, 0) is 48.5 Å². The zero-order valence-corrected chi connectivity index (χ0v) is 8.56. The first-order valence-corrected chi connectivity index (χ1v) is 5.22. The molecule has 0 radical (unpaired) electrons. The summed E-state index contributed by atoms with van der Waals surface area (Å²) in [6.07, 6.45) is 4.33. The lowest BCUT2D eigenvalue weighted by Gasteiger charge is -2.47. The molecule has 0 aromatic carbocycles. The van der Waals surface area contributed by atoms with Crippen molar-refractivity contribution in [3.63, 3.8) is 0 Å². The molecule has 2 aliphatic rings. The maximum Gasteiger partial charge on any atom is -0.00153 e. The average molecular weight is 167 g/mol. The minimum Gasteiger partial charge on any atom is -0.330 e. The van der Waals surface area contributed by atoms with Crippen LogP contribution >= 0.6 is 0 Å². The van der Waals surface area contributed by atoms with Gasteiger partial charge in [0.25, 0.3) is 0 Å². The van der Waals surface area contributed by atoms with Gasteiger partial charge in [0.05, 0.1) is 0 Å². The van der Waals surface area contributed by atoms with Gasteiger partial charge in [0, 0.05) is 0 Å². The quantitative estimate of drug-likeness (QED) is 0.637. The molecule has 2 aliphatic carbocycles. The van der Waals surface area contributed by atoms with Crippen molar-refractivity contribution >= 4 is 0 Å². The van der Waals surface area contributed by atoms with Crippen molar-refractivity contribution in [2.75, 3.05) is 6.54 Å². The minimum absolute atomic E-state index is 0.427. The predicted octanol–water partition coefficient (Wildman–Crippen LogP) is 2.41. The van der Waals surface area contributed by atoms with Crippen LogP contribution in [-0.4, -0.2) is 6.54 Å². The summed E-state index contributed by atoms with van der Waals surface area (Å²) in [5.41, 5.74) is 6.85. The van der Waals surface area contributed by atoms with E-state index in [9.17, 15) is 0 Å². The molecular weight excluding hydrogens is 146 g/mol. The van der Waals surface area contributed by atoms with Crippen LogP contribution in [0.2, 0.25) is 0 Å². The van der Waals surface area contributed by atoms with Crippen molar-refractivity contribution in [2.24, 2.45) is 28.4 Å². The number of rotatable bonds is 1. The van der Waals surface area contributed by atoms with Crippen LogP contribution in [0.5, 0.6) is 0 Å². The summed E-state index contributed by atoms with van der Waals surface area (Å²) in [7, 11) is 0. The van der Waals surface area contributed by atoms with Crippen LogP contribution in [0.15, 0.2) is 0 Å². The van der Waals surface area contributed by atoms with Crippen LogP contribution in [0.3, 0.4) is 0 Å². The van der Waals surface area contributed by atoms with Gasteiger partial charge < -0.3 is 5.73 Å². The zero-order valence-electron chi connectivity index (χ0n) is 8.56. The van der Waals surface area contributed by atoms with Gasteiger partial charge in [-0.2, -0.15) is 0 Å². The Labute approximate surface area is 75.7 Å². The number of nitrogens with two attached hydrogens (primary N) is 1. The molecule has 12 heavy (non-hydrogen) atoms. The van der Waals surface area contributed by atoms with Gasteiger partial charge in [-0.25, -0.2) is 0 Å². The van der Waals surface area contributed by atoms with Crippen LogP contribution in [0.4, 0.5) is 0 Å². The summed E-state index contributed by atoms with van der Waals surface area (Å²) in [6, 6.07) is 0. The number of hydrogen-bond acceptors (Lipinski definition) is 1. The van der Waals surface area contributed by atoms with Gasteiger partial charge >= 0.3 is 0 Å². The van der Waals surface area contributed by atoms with Crippen molar-refractivity contribution in [2.45, 2.75) is 40.0 Å². The van der Waals surface area contributed by atoms with E-state index in [1.807, 2.05) is 0 Å². The number of fused-ring (bicyclic) bond motifs is 2. The first-order chi connectivity index (χ1) is 5.52. The van der Waals surface area contributed by atoms with Crippen LogP contribution in [0.25, 0.3) is 0 Å². The summed E-state index contributed by atoms with van der Waals surface area (Å²) in [4.78, 5) is 0. The molecule has 2 rings (SSSR count). The van der Waals surface area contributed by atoms with Gasteiger partial charge in [0.2, 0.25) is 0 Å². The fourth-order valence-electron chi connectivity index (χ4n) is 3.64. The molecule has 0 amide bonds. The first kappa shape index (κ1) is 8.55. The maximum absolute atomic E-state index is 5.93. The van der Waals surface area contributed by atoms with Crippen molar-refractivity contribution < 1.29 is 0 Å². The molecule has 2 fully saturated rings. The van der Waals surface area contributed by atoms with E-state index in [0.29, 0.717) is 10.8 Å². The highest BCUT2D eigenvalue weighted by molar-refractivity contribution is 5.09. The minimum atomic E-state index is 0.427. The third-order valence-corrected chi connectivity index (χ3v) is 5.25. The molecule has 0 heterocycles. The first-order valence-electron chi connectivity index (χ1n) is 5.22. The molecule has 3 atom stereocenters. The van der Waals surface area contributed by atoms with E-state index in [4.69, 9.17) is 5.73 Å². The summed E-state index contributed by atoms with van der Waals surface area (Å²) in [5, 5.41) is 0. The SMILES string of the molecule is CC1(C)C2CCC(C2)C1(C)CN. The fourth-order valence-corrected chi connectivity index (χ4v) is 3.64. The van der Waals surface area contributed by atoms with Crippen LogP contribution in [0.1, 0.15) is 40.0 Å². The van der Waals surface area contributed by atoms with Gasteiger partial charge in [-0.1, -0.05) is 20.8 Å². The molecule has 0 saturated heterocycles. The molecule has 0 aromatic heterocycles. The Hall–Kier alpha value is -0.0400. The molecule has 1 heteroatoms. The van der Waals surface area contributed by atoms with Crippen molar-refractivity contribution in [3.8, 4) is 0 Å². The van der Waals surface area contributed by atoms with E-state index < -0.39 is 0 Å². The smallest absolute Gasteiger partial charge is 0.00153 e. The van der Waals surface area contributed by atoms with Gasteiger partial charge in [-0.3, -0.25) is 0 Å². The summed E-state index contributed by atoms with van der Waals surface area (Å²) >= 11 is 0. The molecule has 0 spiro atoms. The molecular formula is C11H21N. The van der Waals surface area contributed by atoms with E-state index in [1.165, 1.54) is 19.3 Å². The van der Waals surface area contributed by atoms with Gasteiger partial charge in [0.15, 0.2) is 0 Å². The normalized spacial score (nSPS) is 50.0. The van der Waals surface area contributed by atoms with Crippen LogP contribution < -0.4 is 5.73 Å². The molecule has 2 bridgehead atoms. The highest BCUT2D eigenvalue weighted by Gasteiger charge is 2.59. The van der Waals surface area contributed by atoms with Crippen LogP contribution in [0, 0.1) is 22.7 Å². The van der Waals surface area contributed by atoms with Crippen molar-refractivity contribution in [3.05, 3.63) is 0 Å². The second-order valence-electron chi connectivity index (χ2n) is 5.55.